The third-order valence-electron chi connectivity index (χ3n) is 7.44. The van der Waals surface area contributed by atoms with Crippen LogP contribution in [0, 0.1) is 5.92 Å². The Morgan fingerprint density at radius 3 is 1.77 bits per heavy atom. The number of hydrogen-bond donors (Lipinski definition) is 0. The smallest absolute Gasteiger partial charge is 0.416 e. The first-order valence-corrected chi connectivity index (χ1v) is 13.3. The van der Waals surface area contributed by atoms with E-state index >= 15 is 0 Å². The monoisotopic (exact) mass is 599 g/mol. The van der Waals surface area contributed by atoms with E-state index in [1.54, 1.807) is 86.7 Å². The minimum atomic E-state index is -5.17. The molecule has 2 atom stereocenters. The number of carbonyl (C=O) groups is 2. The van der Waals surface area contributed by atoms with E-state index in [1.807, 2.05) is 0 Å². The van der Waals surface area contributed by atoms with Crippen LogP contribution in [0.15, 0.2) is 108 Å². The van der Waals surface area contributed by atoms with Crippen molar-refractivity contribution < 1.29 is 40.7 Å². The Balaban J connectivity index is 2.12. The van der Waals surface area contributed by atoms with Crippen LogP contribution in [0.4, 0.5) is 26.3 Å². The zero-order valence-electron chi connectivity index (χ0n) is 23.1. The molecule has 0 N–H and O–H groups in total. The molecular weight excluding hydrogens is 572 g/mol. The predicted molar refractivity (Wildman–Crippen MR) is 150 cm³/mol. The first-order valence-electron chi connectivity index (χ1n) is 13.3. The van der Waals surface area contributed by atoms with Crippen molar-refractivity contribution in [3.8, 4) is 0 Å². The van der Waals surface area contributed by atoms with Crippen LogP contribution in [-0.2, 0) is 27.3 Å². The van der Waals surface area contributed by atoms with Crippen molar-refractivity contribution >= 4 is 18.0 Å². The molecule has 0 fully saturated rings. The summed E-state index contributed by atoms with van der Waals surface area (Å²) in [7, 11) is 0. The topological polar surface area (TPSA) is 55.7 Å². The molecule has 43 heavy (non-hydrogen) atoms. The lowest BCUT2D eigenvalue weighted by atomic mass is 9.54. The van der Waals surface area contributed by atoms with Gasteiger partial charge in [0.2, 0.25) is 0 Å². The summed E-state index contributed by atoms with van der Waals surface area (Å²) in [6.45, 7) is 3.27. The number of ether oxygens (including phenoxy) is 1. The minimum Gasteiger partial charge on any atom is -0.463 e. The maximum absolute atomic E-state index is 14.6. The number of benzene rings is 3. The molecule has 0 amide bonds. The number of halogens is 6. The summed E-state index contributed by atoms with van der Waals surface area (Å²) >= 11 is 0. The fraction of sp³-hybridized carbons (Fsp3) is 0.242. The molecule has 0 saturated heterocycles. The number of ketones is 1. The summed E-state index contributed by atoms with van der Waals surface area (Å²) in [5.41, 5.74) is -5.96. The summed E-state index contributed by atoms with van der Waals surface area (Å²) in [4.78, 5) is 31.7. The second kappa shape index (κ2) is 12.0. The van der Waals surface area contributed by atoms with Crippen LogP contribution >= 0.6 is 0 Å². The first kappa shape index (κ1) is 31.5. The van der Waals surface area contributed by atoms with Gasteiger partial charge in [-0.05, 0) is 49.2 Å². The second-order valence-corrected chi connectivity index (χ2v) is 10.1. The number of alkyl halides is 6. The van der Waals surface area contributed by atoms with Crippen LogP contribution in [-0.4, -0.2) is 30.1 Å². The van der Waals surface area contributed by atoms with Gasteiger partial charge in [-0.15, -0.1) is 0 Å². The predicted octanol–water partition coefficient (Wildman–Crippen LogP) is 8.03. The van der Waals surface area contributed by atoms with Crippen molar-refractivity contribution in [1.82, 2.24) is 0 Å². The van der Waals surface area contributed by atoms with Crippen LogP contribution in [0.3, 0.4) is 0 Å². The lowest BCUT2D eigenvalue weighted by Gasteiger charge is -2.49. The lowest BCUT2D eigenvalue weighted by Crippen LogP contribution is -2.54. The van der Waals surface area contributed by atoms with E-state index in [2.05, 4.69) is 4.99 Å². The van der Waals surface area contributed by atoms with Crippen molar-refractivity contribution in [2.24, 2.45) is 10.9 Å². The van der Waals surface area contributed by atoms with Gasteiger partial charge in [0, 0.05) is 17.9 Å². The number of nitrogens with zero attached hydrogens (tertiary/aromatic N) is 1. The van der Waals surface area contributed by atoms with E-state index in [4.69, 9.17) is 4.74 Å². The molecule has 0 aromatic heterocycles. The molecule has 1 aliphatic rings. The summed E-state index contributed by atoms with van der Waals surface area (Å²) in [6, 6.07) is 17.8. The van der Waals surface area contributed by atoms with Crippen molar-refractivity contribution in [2.75, 3.05) is 6.61 Å². The van der Waals surface area contributed by atoms with Gasteiger partial charge in [0.15, 0.2) is 5.78 Å². The Morgan fingerprint density at radius 1 is 0.837 bits per heavy atom. The molecule has 4 rings (SSSR count). The number of rotatable bonds is 9. The molecule has 3 aromatic rings. The van der Waals surface area contributed by atoms with E-state index in [9.17, 15) is 35.9 Å². The molecule has 3 aromatic carbocycles. The highest BCUT2D eigenvalue weighted by molar-refractivity contribution is 6.02. The fourth-order valence-corrected chi connectivity index (χ4v) is 5.60. The van der Waals surface area contributed by atoms with Gasteiger partial charge in [0.25, 0.3) is 0 Å². The Bertz CT molecular complexity index is 1470. The summed E-state index contributed by atoms with van der Waals surface area (Å²) < 4.78 is 88.0. The quantitative estimate of drug-likeness (QED) is 0.108. The van der Waals surface area contributed by atoms with Crippen LogP contribution in [0.2, 0.25) is 0 Å². The molecule has 224 valence electrons. The van der Waals surface area contributed by atoms with E-state index in [-0.39, 0.29) is 12.7 Å². The molecule has 0 aliphatic carbocycles. The summed E-state index contributed by atoms with van der Waals surface area (Å²) in [6.07, 6.45) is -3.34. The van der Waals surface area contributed by atoms with E-state index < -0.39 is 57.7 Å². The van der Waals surface area contributed by atoms with Gasteiger partial charge in [-0.25, -0.2) is 4.79 Å². The Hall–Kier alpha value is -4.47. The molecule has 0 spiro atoms. The Labute approximate surface area is 244 Å². The average molecular weight is 600 g/mol. The average Bonchev–Trinajstić information content (AvgIpc) is 3.42. The van der Waals surface area contributed by atoms with Gasteiger partial charge in [0.1, 0.15) is 0 Å². The van der Waals surface area contributed by atoms with Gasteiger partial charge in [-0.2, -0.15) is 26.3 Å². The number of carbonyl (C=O) groups excluding carboxylic acids is 2. The number of hydrogen-bond acceptors (Lipinski definition) is 4. The maximum Gasteiger partial charge on any atom is 0.416 e. The molecule has 0 saturated carbocycles. The molecule has 0 radical (unpaired) electrons. The van der Waals surface area contributed by atoms with Gasteiger partial charge >= 0.3 is 18.3 Å². The summed E-state index contributed by atoms with van der Waals surface area (Å²) in [5, 5.41) is 0. The van der Waals surface area contributed by atoms with Gasteiger partial charge in [-0.3, -0.25) is 9.79 Å². The lowest BCUT2D eigenvalue weighted by molar-refractivity contribution is -0.143. The fourth-order valence-electron chi connectivity index (χ4n) is 5.60. The molecule has 10 heteroatoms. The molecule has 4 nitrogen and oxygen atoms in total. The molecule has 1 heterocycles. The molecule has 1 aliphatic heterocycles. The first-order chi connectivity index (χ1) is 20.2. The second-order valence-electron chi connectivity index (χ2n) is 10.1. The largest absolute Gasteiger partial charge is 0.463 e. The minimum absolute atomic E-state index is 0.00236. The van der Waals surface area contributed by atoms with E-state index in [0.29, 0.717) is 23.3 Å². The highest BCUT2D eigenvalue weighted by atomic mass is 19.4. The zero-order chi connectivity index (χ0) is 31.5. The highest BCUT2D eigenvalue weighted by Gasteiger charge is 2.57. The van der Waals surface area contributed by atoms with Crippen LogP contribution in [0.25, 0.3) is 0 Å². The van der Waals surface area contributed by atoms with Crippen LogP contribution in [0.1, 0.15) is 46.5 Å². The van der Waals surface area contributed by atoms with E-state index in [0.717, 1.165) is 6.08 Å². The molecular formula is C33H27F6NO3. The number of esters is 1. The molecule has 2 unspecified atom stereocenters. The third-order valence-corrected chi connectivity index (χ3v) is 7.44. The normalized spacial score (nSPS) is 17.8. The Morgan fingerprint density at radius 2 is 1.35 bits per heavy atom. The number of aliphatic imine (C=N–C) groups is 1. The summed E-state index contributed by atoms with van der Waals surface area (Å²) in [5.74, 6) is -3.47. The van der Waals surface area contributed by atoms with Crippen molar-refractivity contribution in [2.45, 2.75) is 37.2 Å². The SMILES string of the molecule is CCOC(=O)C=CC(C(=O)c1cc(C(F)(F)F)cc(C(F)(F)F)c1)C(c1ccccc1)(c1ccccc1)C1(C)C=CC=N1. The molecule has 0 bridgehead atoms. The van der Waals surface area contributed by atoms with Gasteiger partial charge in [-0.1, -0.05) is 72.8 Å². The maximum atomic E-state index is 14.6. The van der Waals surface area contributed by atoms with Crippen LogP contribution in [0.5, 0.6) is 0 Å². The van der Waals surface area contributed by atoms with Gasteiger partial charge < -0.3 is 4.74 Å². The highest BCUT2D eigenvalue weighted by Crippen LogP contribution is 2.53. The zero-order valence-corrected chi connectivity index (χ0v) is 23.1. The third kappa shape index (κ3) is 6.18. The standard InChI is InChI=1S/C33H27F6NO3/c1-3-43-28(41)16-15-27(29(42)22-19-25(32(34,35)36)21-26(20-22)33(37,38)39)31(23-11-6-4-7-12-23,24-13-8-5-9-14-24)30(2)17-10-18-40-30/h4-21,27H,3H2,1-2H3. The number of Topliss-reactive ketones (excluding diaryl/α,β-unsaturated/α-hetero) is 1. The van der Waals surface area contributed by atoms with Crippen molar-refractivity contribution in [3.63, 3.8) is 0 Å². The van der Waals surface area contributed by atoms with Gasteiger partial charge in [0.05, 0.1) is 34.6 Å². The Kier molecular flexibility index (Phi) is 8.80. The van der Waals surface area contributed by atoms with Crippen LogP contribution < -0.4 is 0 Å². The number of allylic oxidation sites excluding steroid dienone is 2. The van der Waals surface area contributed by atoms with Crippen molar-refractivity contribution in [1.29, 1.82) is 0 Å². The van der Waals surface area contributed by atoms with E-state index in [1.165, 1.54) is 12.3 Å². The van der Waals surface area contributed by atoms with Crippen molar-refractivity contribution in [3.05, 3.63) is 131 Å².